The summed E-state index contributed by atoms with van der Waals surface area (Å²) < 4.78 is 83.5. The number of halogens is 6. The first-order valence-electron chi connectivity index (χ1n) is 5.54. The summed E-state index contributed by atoms with van der Waals surface area (Å²) in [5.74, 6) is -13.7. The van der Waals surface area contributed by atoms with Crippen LogP contribution < -0.4 is 33.4 Å². The van der Waals surface area contributed by atoms with Gasteiger partial charge in [0.15, 0.2) is 23.3 Å². The highest BCUT2D eigenvalue weighted by Gasteiger charge is 2.27. The SMILES string of the molecule is NC(N)=c1c(F)c(F)c2c(F)c(=C(N)N)c(F)c(F)c2c1F. The van der Waals surface area contributed by atoms with E-state index in [1.807, 2.05) is 0 Å². The lowest BCUT2D eigenvalue weighted by Crippen LogP contribution is -2.31. The fraction of sp³-hybridized carbons (Fsp3) is 0. The zero-order valence-corrected chi connectivity index (χ0v) is 10.6. The molecule has 0 spiro atoms. The molecule has 0 aliphatic rings. The molecule has 2 aromatic rings. The standard InChI is InChI=1S/C12H8F6N4/c13-5-1-2(8(16)10(18)3(5)11(19)20)6(14)4(12(21)22)9(17)7(1)15/h19-22H2. The Bertz CT molecular complexity index is 852. The van der Waals surface area contributed by atoms with Gasteiger partial charge in [-0.1, -0.05) is 0 Å². The Balaban J connectivity index is 3.41. The molecule has 0 bridgehead atoms. The highest BCUT2D eigenvalue weighted by atomic mass is 19.2. The van der Waals surface area contributed by atoms with Crippen molar-refractivity contribution in [1.82, 2.24) is 0 Å². The second kappa shape index (κ2) is 4.90. The number of benzene rings is 2. The van der Waals surface area contributed by atoms with Crippen molar-refractivity contribution < 1.29 is 26.3 Å². The van der Waals surface area contributed by atoms with Crippen molar-refractivity contribution in [2.24, 2.45) is 22.9 Å². The molecule has 2 aromatic carbocycles. The number of hydrogen-bond donors (Lipinski definition) is 4. The maximum absolute atomic E-state index is 14.1. The molecular formula is C12H8F6N4. The summed E-state index contributed by atoms with van der Waals surface area (Å²) in [6.45, 7) is 0. The van der Waals surface area contributed by atoms with Gasteiger partial charge in [0.1, 0.15) is 23.3 Å². The first-order chi connectivity index (χ1) is 10.1. The molecule has 4 nitrogen and oxygen atoms in total. The fourth-order valence-electron chi connectivity index (χ4n) is 2.02. The molecule has 0 fully saturated rings. The van der Waals surface area contributed by atoms with Gasteiger partial charge in [0.05, 0.1) is 21.2 Å². The van der Waals surface area contributed by atoms with Crippen LogP contribution >= 0.6 is 0 Å². The van der Waals surface area contributed by atoms with Crippen molar-refractivity contribution in [3.8, 4) is 0 Å². The van der Waals surface area contributed by atoms with Gasteiger partial charge in [0.2, 0.25) is 0 Å². The van der Waals surface area contributed by atoms with Crippen molar-refractivity contribution in [3.05, 3.63) is 45.3 Å². The van der Waals surface area contributed by atoms with Gasteiger partial charge in [-0.25, -0.2) is 26.3 Å². The molecule has 8 N–H and O–H groups in total. The zero-order chi connectivity index (χ0) is 16.9. The predicted octanol–water partition coefficient (Wildman–Crippen LogP) is -0.359. The van der Waals surface area contributed by atoms with E-state index in [2.05, 4.69) is 0 Å². The molecule has 0 aliphatic heterocycles. The molecule has 0 atom stereocenters. The third-order valence-corrected chi connectivity index (χ3v) is 2.97. The third kappa shape index (κ3) is 1.87. The average molecular weight is 322 g/mol. The van der Waals surface area contributed by atoms with Gasteiger partial charge < -0.3 is 22.9 Å². The second-order valence-electron chi connectivity index (χ2n) is 4.29. The van der Waals surface area contributed by atoms with Crippen molar-refractivity contribution in [3.63, 3.8) is 0 Å². The van der Waals surface area contributed by atoms with Crippen LogP contribution in [0.5, 0.6) is 0 Å². The molecule has 2 rings (SSSR count). The molecule has 0 unspecified atom stereocenters. The number of nitrogens with two attached hydrogens (primary N) is 4. The van der Waals surface area contributed by atoms with Crippen LogP contribution in [0, 0.1) is 34.9 Å². The Morgan fingerprint density at radius 1 is 0.455 bits per heavy atom. The van der Waals surface area contributed by atoms with Crippen LogP contribution in [-0.4, -0.2) is 0 Å². The van der Waals surface area contributed by atoms with Crippen LogP contribution in [0.15, 0.2) is 0 Å². The highest BCUT2D eigenvalue weighted by molar-refractivity contribution is 5.86. The van der Waals surface area contributed by atoms with Crippen molar-refractivity contribution in [2.75, 3.05) is 0 Å². The van der Waals surface area contributed by atoms with E-state index in [4.69, 9.17) is 22.9 Å². The van der Waals surface area contributed by atoms with Gasteiger partial charge in [0.25, 0.3) is 0 Å². The molecule has 0 radical (unpaired) electrons. The molecule has 0 saturated heterocycles. The smallest absolute Gasteiger partial charge is 0.173 e. The van der Waals surface area contributed by atoms with Gasteiger partial charge in [-0.05, 0) is 0 Å². The average Bonchev–Trinajstić information content (AvgIpc) is 2.39. The van der Waals surface area contributed by atoms with E-state index < -0.39 is 67.8 Å². The van der Waals surface area contributed by atoms with E-state index in [0.717, 1.165) is 0 Å². The predicted molar refractivity (Wildman–Crippen MR) is 66.5 cm³/mol. The number of fused-ring (bicyclic) bond motifs is 1. The molecule has 0 heterocycles. The van der Waals surface area contributed by atoms with Crippen LogP contribution in [0.2, 0.25) is 0 Å². The summed E-state index contributed by atoms with van der Waals surface area (Å²) in [5.41, 5.74) is 19.9. The lowest BCUT2D eigenvalue weighted by Gasteiger charge is -2.10. The minimum atomic E-state index is -2.02. The van der Waals surface area contributed by atoms with Gasteiger partial charge in [-0.3, -0.25) is 0 Å². The topological polar surface area (TPSA) is 104 Å². The molecule has 0 aromatic heterocycles. The third-order valence-electron chi connectivity index (χ3n) is 2.97. The van der Waals surface area contributed by atoms with E-state index in [-0.39, 0.29) is 0 Å². The van der Waals surface area contributed by atoms with Crippen LogP contribution in [0.25, 0.3) is 22.4 Å². The van der Waals surface area contributed by atoms with Crippen molar-refractivity contribution in [1.29, 1.82) is 0 Å². The molecule has 10 heteroatoms. The van der Waals surface area contributed by atoms with Gasteiger partial charge >= 0.3 is 0 Å². The summed E-state index contributed by atoms with van der Waals surface area (Å²) in [6.07, 6.45) is 0. The van der Waals surface area contributed by atoms with Gasteiger partial charge in [-0.15, -0.1) is 0 Å². The second-order valence-corrected chi connectivity index (χ2v) is 4.29. The van der Waals surface area contributed by atoms with Gasteiger partial charge in [0, 0.05) is 0 Å². The minimum Gasteiger partial charge on any atom is -0.385 e. The fourth-order valence-corrected chi connectivity index (χ4v) is 2.02. The van der Waals surface area contributed by atoms with Crippen LogP contribution in [0.1, 0.15) is 0 Å². The molecule has 118 valence electrons. The largest absolute Gasteiger partial charge is 0.385 e. The van der Waals surface area contributed by atoms with Crippen LogP contribution in [0.3, 0.4) is 0 Å². The summed E-state index contributed by atoms with van der Waals surface area (Å²) >= 11 is 0. The Morgan fingerprint density at radius 2 is 0.727 bits per heavy atom. The van der Waals surface area contributed by atoms with Crippen molar-refractivity contribution >= 4 is 22.4 Å². The first kappa shape index (κ1) is 15.6. The molecule has 0 saturated carbocycles. The Morgan fingerprint density at radius 3 is 0.955 bits per heavy atom. The molecular weight excluding hydrogens is 314 g/mol. The Hall–Kier alpha value is -2.78. The Kier molecular flexibility index (Phi) is 3.47. The maximum atomic E-state index is 14.1. The highest BCUT2D eigenvalue weighted by Crippen LogP contribution is 2.26. The Labute approximate surface area is 118 Å². The first-order valence-corrected chi connectivity index (χ1v) is 5.54. The van der Waals surface area contributed by atoms with Crippen LogP contribution in [0.4, 0.5) is 26.3 Å². The molecule has 0 amide bonds. The summed E-state index contributed by atoms with van der Waals surface area (Å²) in [4.78, 5) is 0. The van der Waals surface area contributed by atoms with E-state index in [1.54, 1.807) is 0 Å². The lowest BCUT2D eigenvalue weighted by molar-refractivity contribution is 0.470. The minimum absolute atomic E-state index is 1.04. The number of hydrogen-bond acceptors (Lipinski definition) is 4. The van der Waals surface area contributed by atoms with E-state index in [9.17, 15) is 26.3 Å². The normalized spacial score (nSPS) is 11.0. The van der Waals surface area contributed by atoms with E-state index in [0.29, 0.717) is 0 Å². The summed E-state index contributed by atoms with van der Waals surface area (Å²) in [7, 11) is 0. The van der Waals surface area contributed by atoms with Crippen LogP contribution in [-0.2, 0) is 0 Å². The van der Waals surface area contributed by atoms with Crippen molar-refractivity contribution in [2.45, 2.75) is 0 Å². The monoisotopic (exact) mass is 322 g/mol. The molecule has 0 aliphatic carbocycles. The number of rotatable bonds is 0. The van der Waals surface area contributed by atoms with E-state index >= 15 is 0 Å². The quantitative estimate of drug-likeness (QED) is 0.393. The molecule has 22 heavy (non-hydrogen) atoms. The zero-order valence-electron chi connectivity index (χ0n) is 10.6. The maximum Gasteiger partial charge on any atom is 0.173 e. The lowest BCUT2D eigenvalue weighted by atomic mass is 10.0. The van der Waals surface area contributed by atoms with Gasteiger partial charge in [-0.2, -0.15) is 0 Å². The summed E-state index contributed by atoms with van der Waals surface area (Å²) in [6, 6.07) is 0. The summed E-state index contributed by atoms with van der Waals surface area (Å²) in [5, 5.41) is -5.66. The van der Waals surface area contributed by atoms with E-state index in [1.165, 1.54) is 0 Å².